The number of nitrogens with one attached hydrogen (secondary N) is 2. The number of H-pyrrole nitrogens is 1. The maximum atomic E-state index is 12.1. The molecule has 0 saturated carbocycles. The highest BCUT2D eigenvalue weighted by Crippen LogP contribution is 2.22. The molecule has 0 unspecified atom stereocenters. The summed E-state index contributed by atoms with van der Waals surface area (Å²) >= 11 is 0. The molecule has 1 aliphatic carbocycles. The molecule has 0 atom stereocenters. The molecule has 2 aromatic heterocycles. The second-order valence-corrected chi connectivity index (χ2v) is 5.42. The van der Waals surface area contributed by atoms with E-state index in [0.717, 1.165) is 18.5 Å². The lowest BCUT2D eigenvalue weighted by atomic mass is 10.1. The van der Waals surface area contributed by atoms with Crippen molar-refractivity contribution in [1.82, 2.24) is 15.5 Å². The molecule has 0 bridgehead atoms. The number of rotatable bonds is 5. The Kier molecular flexibility index (Phi) is 4.46. The topological polar surface area (TPSA) is 80.1 Å². The van der Waals surface area contributed by atoms with Gasteiger partial charge in [-0.1, -0.05) is 6.42 Å². The fourth-order valence-electron chi connectivity index (χ4n) is 2.79. The Bertz CT molecular complexity index is 645. The van der Waals surface area contributed by atoms with E-state index in [4.69, 9.17) is 9.15 Å². The number of nitrogens with zero attached hydrogens (tertiary/aromatic N) is 1. The van der Waals surface area contributed by atoms with Crippen LogP contribution < -0.4 is 10.1 Å². The molecule has 2 heterocycles. The van der Waals surface area contributed by atoms with E-state index in [9.17, 15) is 4.79 Å². The highest BCUT2D eigenvalue weighted by molar-refractivity contribution is 5.91. The van der Waals surface area contributed by atoms with Gasteiger partial charge in [0.2, 0.25) is 0 Å². The standard InChI is InChI=1S/C16H21N3O3/c1-2-21-15-9-8-14(22-15)16(20)17-10-13-11-6-4-3-5-7-12(11)18-19-13/h8-9H,2-7,10H2,1H3,(H,17,20)(H,18,19). The second-order valence-electron chi connectivity index (χ2n) is 5.42. The predicted octanol–water partition coefficient (Wildman–Crippen LogP) is 2.60. The van der Waals surface area contributed by atoms with Gasteiger partial charge in [0.05, 0.1) is 18.8 Å². The average Bonchev–Trinajstić information content (AvgIpc) is 3.07. The smallest absolute Gasteiger partial charge is 0.287 e. The molecule has 22 heavy (non-hydrogen) atoms. The normalized spacial score (nSPS) is 14.2. The van der Waals surface area contributed by atoms with Gasteiger partial charge in [0.15, 0.2) is 5.76 Å². The minimum atomic E-state index is -0.253. The third-order valence-electron chi connectivity index (χ3n) is 3.90. The van der Waals surface area contributed by atoms with E-state index in [-0.39, 0.29) is 11.7 Å². The summed E-state index contributed by atoms with van der Waals surface area (Å²) in [6, 6.07) is 3.27. The van der Waals surface area contributed by atoms with E-state index in [1.165, 1.54) is 30.5 Å². The first-order valence-electron chi connectivity index (χ1n) is 7.83. The van der Waals surface area contributed by atoms with Crippen LogP contribution in [0.15, 0.2) is 16.5 Å². The summed E-state index contributed by atoms with van der Waals surface area (Å²) in [6.45, 7) is 2.79. The molecule has 0 spiro atoms. The van der Waals surface area contributed by atoms with Crippen LogP contribution in [0.2, 0.25) is 0 Å². The lowest BCUT2D eigenvalue weighted by Gasteiger charge is -2.04. The Balaban J connectivity index is 1.62. The molecule has 6 heteroatoms. The van der Waals surface area contributed by atoms with Crippen molar-refractivity contribution in [2.75, 3.05) is 6.61 Å². The number of carbonyl (C=O) groups excluding carboxylic acids is 1. The Morgan fingerprint density at radius 3 is 3.09 bits per heavy atom. The molecular formula is C16H21N3O3. The zero-order valence-corrected chi connectivity index (χ0v) is 12.8. The minimum absolute atomic E-state index is 0.253. The predicted molar refractivity (Wildman–Crippen MR) is 80.9 cm³/mol. The lowest BCUT2D eigenvalue weighted by Crippen LogP contribution is -2.23. The fourth-order valence-corrected chi connectivity index (χ4v) is 2.79. The summed E-state index contributed by atoms with van der Waals surface area (Å²) < 4.78 is 10.5. The van der Waals surface area contributed by atoms with Crippen molar-refractivity contribution < 1.29 is 13.9 Å². The number of aromatic amines is 1. The van der Waals surface area contributed by atoms with Gasteiger partial charge in [-0.2, -0.15) is 5.10 Å². The highest BCUT2D eigenvalue weighted by Gasteiger charge is 2.17. The fraction of sp³-hybridized carbons (Fsp3) is 0.500. The maximum Gasteiger partial charge on any atom is 0.287 e. The number of fused-ring (bicyclic) bond motifs is 1. The molecule has 0 aliphatic heterocycles. The summed E-state index contributed by atoms with van der Waals surface area (Å²) in [5.74, 6) is 0.364. The number of ether oxygens (including phenoxy) is 1. The number of hydrogen-bond donors (Lipinski definition) is 2. The van der Waals surface area contributed by atoms with Crippen LogP contribution >= 0.6 is 0 Å². The molecule has 0 saturated heterocycles. The molecule has 0 aromatic carbocycles. The summed E-state index contributed by atoms with van der Waals surface area (Å²) in [7, 11) is 0. The van der Waals surface area contributed by atoms with Crippen molar-refractivity contribution in [2.45, 2.75) is 45.6 Å². The van der Waals surface area contributed by atoms with E-state index in [1.807, 2.05) is 6.92 Å². The van der Waals surface area contributed by atoms with Crippen LogP contribution in [0.1, 0.15) is 53.7 Å². The number of aryl methyl sites for hydroxylation is 1. The van der Waals surface area contributed by atoms with Gasteiger partial charge in [-0.25, -0.2) is 0 Å². The van der Waals surface area contributed by atoms with Gasteiger partial charge in [-0.3, -0.25) is 9.89 Å². The molecule has 0 fully saturated rings. The van der Waals surface area contributed by atoms with E-state index >= 15 is 0 Å². The Morgan fingerprint density at radius 2 is 2.23 bits per heavy atom. The summed E-state index contributed by atoms with van der Waals surface area (Å²) in [6.07, 6.45) is 5.72. The first-order chi connectivity index (χ1) is 10.8. The van der Waals surface area contributed by atoms with Gasteiger partial charge in [0.1, 0.15) is 0 Å². The molecule has 3 rings (SSSR count). The summed E-state index contributed by atoms with van der Waals surface area (Å²) in [5, 5.41) is 10.3. The largest absolute Gasteiger partial charge is 0.465 e. The Hall–Kier alpha value is -2.24. The van der Waals surface area contributed by atoms with Crippen LogP contribution in [0, 0.1) is 0 Å². The van der Waals surface area contributed by atoms with Crippen LogP contribution in [0.5, 0.6) is 5.95 Å². The van der Waals surface area contributed by atoms with Gasteiger partial charge in [0.25, 0.3) is 11.9 Å². The van der Waals surface area contributed by atoms with Gasteiger partial charge in [0, 0.05) is 11.8 Å². The Labute approximate surface area is 129 Å². The second kappa shape index (κ2) is 6.68. The van der Waals surface area contributed by atoms with E-state index < -0.39 is 0 Å². The summed E-state index contributed by atoms with van der Waals surface area (Å²) in [4.78, 5) is 12.1. The number of furan rings is 1. The number of hydrogen-bond acceptors (Lipinski definition) is 4. The monoisotopic (exact) mass is 303 g/mol. The maximum absolute atomic E-state index is 12.1. The van der Waals surface area contributed by atoms with Gasteiger partial charge >= 0.3 is 0 Å². The van der Waals surface area contributed by atoms with Crippen molar-refractivity contribution in [3.63, 3.8) is 0 Å². The van der Waals surface area contributed by atoms with Crippen LogP contribution in [0.25, 0.3) is 0 Å². The third kappa shape index (κ3) is 3.16. The number of carbonyl (C=O) groups is 1. The van der Waals surface area contributed by atoms with Crippen LogP contribution in [-0.4, -0.2) is 22.7 Å². The number of aromatic nitrogens is 2. The molecular weight excluding hydrogens is 282 g/mol. The third-order valence-corrected chi connectivity index (χ3v) is 3.90. The summed E-state index contributed by atoms with van der Waals surface area (Å²) in [5.41, 5.74) is 3.42. The first kappa shape index (κ1) is 14.7. The van der Waals surface area contributed by atoms with Crippen molar-refractivity contribution in [3.8, 4) is 5.95 Å². The Morgan fingerprint density at radius 1 is 1.36 bits per heavy atom. The molecule has 2 N–H and O–H groups in total. The van der Waals surface area contributed by atoms with E-state index in [1.54, 1.807) is 12.1 Å². The van der Waals surface area contributed by atoms with Crippen molar-refractivity contribution in [1.29, 1.82) is 0 Å². The quantitative estimate of drug-likeness (QED) is 0.832. The van der Waals surface area contributed by atoms with Crippen LogP contribution in [0.4, 0.5) is 0 Å². The van der Waals surface area contributed by atoms with Crippen molar-refractivity contribution >= 4 is 5.91 Å². The molecule has 1 amide bonds. The number of amides is 1. The molecule has 6 nitrogen and oxygen atoms in total. The highest BCUT2D eigenvalue weighted by atomic mass is 16.6. The average molecular weight is 303 g/mol. The SMILES string of the molecule is CCOc1ccc(C(=O)NCc2n[nH]c3c2CCCCC3)o1. The van der Waals surface area contributed by atoms with Gasteiger partial charge in [-0.05, 0) is 44.2 Å². The van der Waals surface area contributed by atoms with Gasteiger partial charge < -0.3 is 14.5 Å². The lowest BCUT2D eigenvalue weighted by molar-refractivity contribution is 0.0914. The van der Waals surface area contributed by atoms with E-state index in [0.29, 0.717) is 19.1 Å². The molecule has 118 valence electrons. The molecule has 1 aliphatic rings. The van der Waals surface area contributed by atoms with Gasteiger partial charge in [-0.15, -0.1) is 0 Å². The zero-order chi connectivity index (χ0) is 15.4. The minimum Gasteiger partial charge on any atom is -0.465 e. The van der Waals surface area contributed by atoms with Crippen LogP contribution in [0.3, 0.4) is 0 Å². The van der Waals surface area contributed by atoms with E-state index in [2.05, 4.69) is 15.5 Å². The molecule has 0 radical (unpaired) electrons. The zero-order valence-electron chi connectivity index (χ0n) is 12.8. The van der Waals surface area contributed by atoms with Crippen LogP contribution in [-0.2, 0) is 19.4 Å². The van der Waals surface area contributed by atoms with Crippen molar-refractivity contribution in [3.05, 3.63) is 34.8 Å². The first-order valence-corrected chi connectivity index (χ1v) is 7.83. The van der Waals surface area contributed by atoms with Crippen molar-refractivity contribution in [2.24, 2.45) is 0 Å². The molecule has 2 aromatic rings.